The summed E-state index contributed by atoms with van der Waals surface area (Å²) in [5.74, 6) is 1.61. The van der Waals surface area contributed by atoms with Gasteiger partial charge in [0.2, 0.25) is 0 Å². The lowest BCUT2D eigenvalue weighted by atomic mass is 10.1. The molecule has 5 nitrogen and oxygen atoms in total. The molecule has 0 fully saturated rings. The number of fused-ring (bicyclic) bond motifs is 1. The van der Waals surface area contributed by atoms with E-state index >= 15 is 0 Å². The molecule has 0 unspecified atom stereocenters. The lowest BCUT2D eigenvalue weighted by Gasteiger charge is -2.06. The maximum absolute atomic E-state index is 12.3. The van der Waals surface area contributed by atoms with Crippen LogP contribution in [0, 0.1) is 11.3 Å². The number of aromatic nitrogens is 2. The van der Waals surface area contributed by atoms with E-state index in [0.29, 0.717) is 16.7 Å². The molecule has 1 aromatic heterocycles. The van der Waals surface area contributed by atoms with Crippen LogP contribution in [0.15, 0.2) is 83.7 Å². The average molecular weight is 365 g/mol. The van der Waals surface area contributed by atoms with E-state index in [0.717, 1.165) is 11.3 Å². The number of hydrogen-bond donors (Lipinski definition) is 1. The summed E-state index contributed by atoms with van der Waals surface area (Å²) in [7, 11) is 0. The van der Waals surface area contributed by atoms with Gasteiger partial charge in [0, 0.05) is 0 Å². The third-order valence-corrected chi connectivity index (χ3v) is 4.14. The third kappa shape index (κ3) is 3.67. The van der Waals surface area contributed by atoms with Crippen LogP contribution in [-0.4, -0.2) is 9.97 Å². The lowest BCUT2D eigenvalue weighted by molar-refractivity contribution is 0.482. The number of hydrogen-bond acceptors (Lipinski definition) is 4. The van der Waals surface area contributed by atoms with Crippen LogP contribution in [0.1, 0.15) is 11.4 Å². The Labute approximate surface area is 161 Å². The summed E-state index contributed by atoms with van der Waals surface area (Å²) in [5, 5.41) is 10.1. The highest BCUT2D eigenvalue weighted by Crippen LogP contribution is 2.24. The second kappa shape index (κ2) is 7.60. The van der Waals surface area contributed by atoms with E-state index in [2.05, 4.69) is 16.0 Å². The Hall–Kier alpha value is -4.17. The van der Waals surface area contributed by atoms with E-state index in [-0.39, 0.29) is 17.0 Å². The fourth-order valence-corrected chi connectivity index (χ4v) is 2.83. The Morgan fingerprint density at radius 2 is 1.71 bits per heavy atom. The predicted octanol–water partition coefficient (Wildman–Crippen LogP) is 4.78. The van der Waals surface area contributed by atoms with Crippen molar-refractivity contribution in [2.24, 2.45) is 0 Å². The van der Waals surface area contributed by atoms with Crippen LogP contribution >= 0.6 is 0 Å². The molecule has 0 amide bonds. The lowest BCUT2D eigenvalue weighted by Crippen LogP contribution is -2.11. The summed E-state index contributed by atoms with van der Waals surface area (Å²) in [6.07, 6.45) is 1.67. The molecule has 0 bridgehead atoms. The smallest absolute Gasteiger partial charge is 0.259 e. The van der Waals surface area contributed by atoms with Crippen LogP contribution < -0.4 is 10.3 Å². The maximum atomic E-state index is 12.3. The monoisotopic (exact) mass is 365 g/mol. The number of nitriles is 1. The van der Waals surface area contributed by atoms with Crippen molar-refractivity contribution in [1.29, 1.82) is 5.26 Å². The van der Waals surface area contributed by atoms with Crippen LogP contribution in [0.4, 0.5) is 0 Å². The minimum absolute atomic E-state index is 0.237. The molecule has 134 valence electrons. The summed E-state index contributed by atoms with van der Waals surface area (Å²) in [4.78, 5) is 19.4. The van der Waals surface area contributed by atoms with Gasteiger partial charge in [-0.05, 0) is 48.0 Å². The van der Waals surface area contributed by atoms with Crippen LogP contribution in [0.3, 0.4) is 0 Å². The third-order valence-electron chi connectivity index (χ3n) is 4.14. The highest BCUT2D eigenvalue weighted by molar-refractivity contribution is 5.89. The molecule has 1 N–H and O–H groups in total. The SMILES string of the molecule is N#C/C(=C\c1cccc(Oc2ccccc2)c1)c1nc2ccccc2c(=O)[nH]1. The fraction of sp³-hybridized carbons (Fsp3) is 0. The molecular formula is C23H15N3O2. The number of nitrogens with one attached hydrogen (secondary N) is 1. The zero-order chi connectivity index (χ0) is 19.3. The maximum Gasteiger partial charge on any atom is 0.259 e. The van der Waals surface area contributed by atoms with Gasteiger partial charge in [0.15, 0.2) is 5.82 Å². The van der Waals surface area contributed by atoms with Crippen molar-refractivity contribution in [2.45, 2.75) is 0 Å². The van der Waals surface area contributed by atoms with Crippen molar-refractivity contribution < 1.29 is 4.74 Å². The summed E-state index contributed by atoms with van der Waals surface area (Å²) < 4.78 is 5.83. The Morgan fingerprint density at radius 3 is 2.54 bits per heavy atom. The number of rotatable bonds is 4. The zero-order valence-corrected chi connectivity index (χ0v) is 14.8. The van der Waals surface area contributed by atoms with Crippen molar-refractivity contribution in [3.8, 4) is 17.6 Å². The van der Waals surface area contributed by atoms with Crippen LogP contribution in [-0.2, 0) is 0 Å². The highest BCUT2D eigenvalue weighted by Gasteiger charge is 2.08. The van der Waals surface area contributed by atoms with Crippen molar-refractivity contribution in [2.75, 3.05) is 0 Å². The molecule has 3 aromatic carbocycles. The van der Waals surface area contributed by atoms with E-state index < -0.39 is 0 Å². The van der Waals surface area contributed by atoms with Gasteiger partial charge in [0.25, 0.3) is 5.56 Å². The summed E-state index contributed by atoms with van der Waals surface area (Å²) in [6.45, 7) is 0. The molecule has 0 radical (unpaired) electrons. The summed E-state index contributed by atoms with van der Waals surface area (Å²) in [5.41, 5.74) is 1.30. The van der Waals surface area contributed by atoms with Gasteiger partial charge in [0.1, 0.15) is 17.6 Å². The number of benzene rings is 3. The van der Waals surface area contributed by atoms with Crippen LogP contribution in [0.2, 0.25) is 0 Å². The molecule has 4 aromatic rings. The van der Waals surface area contributed by atoms with E-state index in [1.807, 2.05) is 54.6 Å². The molecule has 0 atom stereocenters. The Bertz CT molecular complexity index is 1270. The van der Waals surface area contributed by atoms with Gasteiger partial charge < -0.3 is 9.72 Å². The van der Waals surface area contributed by atoms with Crippen molar-refractivity contribution in [3.63, 3.8) is 0 Å². The van der Waals surface area contributed by atoms with Gasteiger partial charge in [0.05, 0.1) is 16.5 Å². The van der Waals surface area contributed by atoms with Gasteiger partial charge in [-0.3, -0.25) is 4.79 Å². The van der Waals surface area contributed by atoms with Gasteiger partial charge in [-0.1, -0.05) is 42.5 Å². The van der Waals surface area contributed by atoms with Gasteiger partial charge in [-0.25, -0.2) is 4.98 Å². The molecule has 0 saturated heterocycles. The zero-order valence-electron chi connectivity index (χ0n) is 14.8. The van der Waals surface area contributed by atoms with Crippen LogP contribution in [0.25, 0.3) is 22.6 Å². The van der Waals surface area contributed by atoms with Gasteiger partial charge >= 0.3 is 0 Å². The fourth-order valence-electron chi connectivity index (χ4n) is 2.83. The number of H-pyrrole nitrogens is 1. The molecule has 0 saturated carbocycles. The summed E-state index contributed by atoms with van der Waals surface area (Å²) in [6, 6.07) is 26.0. The average Bonchev–Trinajstić information content (AvgIpc) is 2.73. The summed E-state index contributed by atoms with van der Waals surface area (Å²) >= 11 is 0. The Balaban J connectivity index is 1.70. The van der Waals surface area contributed by atoms with E-state index in [9.17, 15) is 10.1 Å². The molecule has 4 rings (SSSR count). The second-order valence-corrected chi connectivity index (χ2v) is 6.09. The standard InChI is InChI=1S/C23H15N3O2/c24-15-17(22-25-21-12-5-4-11-20(21)23(27)26-22)13-16-7-6-10-19(14-16)28-18-8-2-1-3-9-18/h1-14H,(H,25,26,27)/b17-13+. The highest BCUT2D eigenvalue weighted by atomic mass is 16.5. The van der Waals surface area contributed by atoms with E-state index in [1.165, 1.54) is 0 Å². The first kappa shape index (κ1) is 17.3. The minimum Gasteiger partial charge on any atom is -0.457 e. The number of ether oxygens (including phenoxy) is 1. The molecular weight excluding hydrogens is 350 g/mol. The molecule has 0 aliphatic heterocycles. The molecule has 28 heavy (non-hydrogen) atoms. The number of nitrogens with zero attached hydrogens (tertiary/aromatic N) is 2. The van der Waals surface area contributed by atoms with Crippen molar-refractivity contribution in [3.05, 3.63) is 101 Å². The van der Waals surface area contributed by atoms with Crippen molar-refractivity contribution in [1.82, 2.24) is 9.97 Å². The number of aromatic amines is 1. The molecule has 0 spiro atoms. The predicted molar refractivity (Wildman–Crippen MR) is 109 cm³/mol. The topological polar surface area (TPSA) is 78.8 Å². The van der Waals surface area contributed by atoms with Gasteiger partial charge in [-0.2, -0.15) is 5.26 Å². The van der Waals surface area contributed by atoms with Crippen molar-refractivity contribution >= 4 is 22.6 Å². The largest absolute Gasteiger partial charge is 0.457 e. The minimum atomic E-state index is -0.275. The Kier molecular flexibility index (Phi) is 4.68. The quantitative estimate of drug-likeness (QED) is 0.528. The molecule has 1 heterocycles. The Morgan fingerprint density at radius 1 is 0.964 bits per heavy atom. The first-order chi connectivity index (χ1) is 13.7. The van der Waals surface area contributed by atoms with E-state index in [4.69, 9.17) is 4.74 Å². The van der Waals surface area contributed by atoms with E-state index in [1.54, 1.807) is 30.3 Å². The number of allylic oxidation sites excluding steroid dienone is 1. The molecule has 0 aliphatic carbocycles. The number of para-hydroxylation sites is 2. The first-order valence-corrected chi connectivity index (χ1v) is 8.67. The van der Waals surface area contributed by atoms with Crippen LogP contribution in [0.5, 0.6) is 11.5 Å². The first-order valence-electron chi connectivity index (χ1n) is 8.67. The second-order valence-electron chi connectivity index (χ2n) is 6.09. The van der Waals surface area contributed by atoms with Gasteiger partial charge in [-0.15, -0.1) is 0 Å². The molecule has 5 heteroatoms. The molecule has 0 aliphatic rings. The normalized spacial score (nSPS) is 11.2.